The van der Waals surface area contributed by atoms with Crippen molar-refractivity contribution in [1.29, 1.82) is 5.26 Å². The standard InChI is InChI=1S/C13H15N3O/c1-10-7-12(9-16-13(10)8-14)5-3-4-6-15-11(2)17/h3,5,7,9H,4,6H2,1-2H3,(H,15,17). The zero-order valence-electron chi connectivity index (χ0n) is 10.0. The minimum absolute atomic E-state index is 0.0192. The van der Waals surface area contributed by atoms with Gasteiger partial charge in [-0.05, 0) is 30.5 Å². The van der Waals surface area contributed by atoms with Gasteiger partial charge in [0.15, 0.2) is 0 Å². The number of hydrogen-bond acceptors (Lipinski definition) is 3. The lowest BCUT2D eigenvalue weighted by molar-refractivity contribution is -0.118. The van der Waals surface area contributed by atoms with Crippen LogP contribution in [0.2, 0.25) is 0 Å². The number of nitrogens with one attached hydrogen (secondary N) is 1. The van der Waals surface area contributed by atoms with E-state index in [9.17, 15) is 4.79 Å². The van der Waals surface area contributed by atoms with Gasteiger partial charge in [0.25, 0.3) is 0 Å². The van der Waals surface area contributed by atoms with Gasteiger partial charge in [-0.2, -0.15) is 5.26 Å². The number of aryl methyl sites for hydroxylation is 1. The van der Waals surface area contributed by atoms with E-state index in [2.05, 4.69) is 10.3 Å². The second-order valence-electron chi connectivity index (χ2n) is 3.72. The zero-order chi connectivity index (χ0) is 12.7. The molecule has 0 unspecified atom stereocenters. The van der Waals surface area contributed by atoms with Crippen molar-refractivity contribution in [3.63, 3.8) is 0 Å². The molecule has 0 saturated carbocycles. The van der Waals surface area contributed by atoms with E-state index in [-0.39, 0.29) is 5.91 Å². The molecule has 4 heteroatoms. The molecule has 0 aliphatic carbocycles. The number of nitrogens with zero attached hydrogens (tertiary/aromatic N) is 2. The molecule has 1 amide bonds. The highest BCUT2D eigenvalue weighted by Crippen LogP contribution is 2.08. The van der Waals surface area contributed by atoms with Gasteiger partial charge in [-0.1, -0.05) is 12.2 Å². The number of nitriles is 1. The van der Waals surface area contributed by atoms with Crippen molar-refractivity contribution in [2.45, 2.75) is 20.3 Å². The lowest BCUT2D eigenvalue weighted by Crippen LogP contribution is -2.20. The van der Waals surface area contributed by atoms with Gasteiger partial charge >= 0.3 is 0 Å². The molecule has 1 heterocycles. The van der Waals surface area contributed by atoms with E-state index >= 15 is 0 Å². The Bertz CT molecular complexity index is 472. The first-order valence-corrected chi connectivity index (χ1v) is 5.41. The molecule has 1 aromatic rings. The summed E-state index contributed by atoms with van der Waals surface area (Å²) < 4.78 is 0. The van der Waals surface area contributed by atoms with Crippen LogP contribution in [0, 0.1) is 18.3 Å². The summed E-state index contributed by atoms with van der Waals surface area (Å²) in [5.41, 5.74) is 2.29. The second kappa shape index (κ2) is 6.44. The summed E-state index contributed by atoms with van der Waals surface area (Å²) >= 11 is 0. The van der Waals surface area contributed by atoms with E-state index in [1.54, 1.807) is 6.20 Å². The molecule has 0 bridgehead atoms. The Morgan fingerprint density at radius 2 is 2.41 bits per heavy atom. The summed E-state index contributed by atoms with van der Waals surface area (Å²) in [6.07, 6.45) is 6.35. The Morgan fingerprint density at radius 3 is 3.00 bits per heavy atom. The maximum absolute atomic E-state index is 10.6. The molecule has 0 fully saturated rings. The molecule has 4 nitrogen and oxygen atoms in total. The Labute approximate surface area is 101 Å². The van der Waals surface area contributed by atoms with Crippen LogP contribution < -0.4 is 5.32 Å². The minimum Gasteiger partial charge on any atom is -0.356 e. The molecular weight excluding hydrogens is 214 g/mol. The van der Waals surface area contributed by atoms with Crippen molar-refractivity contribution >= 4 is 12.0 Å². The molecule has 0 saturated heterocycles. The Balaban J connectivity index is 2.52. The van der Waals surface area contributed by atoms with Gasteiger partial charge in [0.2, 0.25) is 5.91 Å². The third-order valence-electron chi connectivity index (χ3n) is 2.20. The number of aromatic nitrogens is 1. The summed E-state index contributed by atoms with van der Waals surface area (Å²) in [6.45, 7) is 3.99. The fourth-order valence-electron chi connectivity index (χ4n) is 1.36. The quantitative estimate of drug-likeness (QED) is 0.800. The summed E-state index contributed by atoms with van der Waals surface area (Å²) in [6, 6.07) is 3.95. The van der Waals surface area contributed by atoms with Crippen LogP contribution >= 0.6 is 0 Å². The molecule has 0 radical (unpaired) electrons. The van der Waals surface area contributed by atoms with Gasteiger partial charge in [-0.3, -0.25) is 4.79 Å². The van der Waals surface area contributed by atoms with Crippen LogP contribution in [0.4, 0.5) is 0 Å². The van der Waals surface area contributed by atoms with E-state index in [0.717, 1.165) is 17.5 Å². The van der Waals surface area contributed by atoms with Gasteiger partial charge in [-0.25, -0.2) is 4.98 Å². The van der Waals surface area contributed by atoms with E-state index in [4.69, 9.17) is 5.26 Å². The van der Waals surface area contributed by atoms with E-state index in [1.807, 2.05) is 31.2 Å². The molecule has 17 heavy (non-hydrogen) atoms. The fourth-order valence-corrected chi connectivity index (χ4v) is 1.36. The van der Waals surface area contributed by atoms with Gasteiger partial charge in [-0.15, -0.1) is 0 Å². The Hall–Kier alpha value is -2.15. The maximum Gasteiger partial charge on any atom is 0.216 e. The molecule has 0 aromatic carbocycles. The van der Waals surface area contributed by atoms with Crippen LogP contribution in [-0.4, -0.2) is 17.4 Å². The van der Waals surface area contributed by atoms with Gasteiger partial charge in [0.1, 0.15) is 11.8 Å². The number of carbonyl (C=O) groups excluding carboxylic acids is 1. The van der Waals surface area contributed by atoms with E-state index < -0.39 is 0 Å². The first-order chi connectivity index (χ1) is 8.13. The number of hydrogen-bond donors (Lipinski definition) is 1. The fraction of sp³-hybridized carbons (Fsp3) is 0.308. The van der Waals surface area contributed by atoms with Gasteiger partial charge in [0, 0.05) is 19.7 Å². The highest BCUT2D eigenvalue weighted by molar-refractivity contribution is 5.72. The third-order valence-corrected chi connectivity index (χ3v) is 2.20. The van der Waals surface area contributed by atoms with Crippen LogP contribution in [0.15, 0.2) is 18.3 Å². The van der Waals surface area contributed by atoms with Gasteiger partial charge in [0.05, 0.1) is 0 Å². The summed E-state index contributed by atoms with van der Waals surface area (Å²) in [4.78, 5) is 14.7. The average Bonchev–Trinajstić information content (AvgIpc) is 2.28. The number of amides is 1. The largest absolute Gasteiger partial charge is 0.356 e. The van der Waals surface area contributed by atoms with Crippen molar-refractivity contribution in [2.24, 2.45) is 0 Å². The van der Waals surface area contributed by atoms with E-state index in [1.165, 1.54) is 6.92 Å². The van der Waals surface area contributed by atoms with Crippen LogP contribution in [-0.2, 0) is 4.79 Å². The summed E-state index contributed by atoms with van der Waals surface area (Å²) in [7, 11) is 0. The van der Waals surface area contributed by atoms with Crippen molar-refractivity contribution in [3.05, 3.63) is 35.2 Å². The molecule has 88 valence electrons. The summed E-state index contributed by atoms with van der Waals surface area (Å²) in [5, 5.41) is 11.4. The predicted octanol–water partition coefficient (Wildman–Crippen LogP) is 1.80. The van der Waals surface area contributed by atoms with Crippen LogP contribution in [0.25, 0.3) is 6.08 Å². The topological polar surface area (TPSA) is 65.8 Å². The van der Waals surface area contributed by atoms with Crippen molar-refractivity contribution < 1.29 is 4.79 Å². The third kappa shape index (κ3) is 4.47. The molecule has 0 atom stereocenters. The predicted molar refractivity (Wildman–Crippen MR) is 66.0 cm³/mol. The molecule has 1 rings (SSSR count). The van der Waals surface area contributed by atoms with Crippen LogP contribution in [0.3, 0.4) is 0 Å². The zero-order valence-corrected chi connectivity index (χ0v) is 10.0. The van der Waals surface area contributed by atoms with Crippen LogP contribution in [0.5, 0.6) is 0 Å². The van der Waals surface area contributed by atoms with Crippen LogP contribution in [0.1, 0.15) is 30.2 Å². The number of rotatable bonds is 4. The van der Waals surface area contributed by atoms with Crippen molar-refractivity contribution in [1.82, 2.24) is 10.3 Å². The first kappa shape index (κ1) is 12.9. The average molecular weight is 229 g/mol. The number of pyridine rings is 1. The van der Waals surface area contributed by atoms with Crippen molar-refractivity contribution in [2.75, 3.05) is 6.54 Å². The monoisotopic (exact) mass is 229 g/mol. The summed E-state index contributed by atoms with van der Waals surface area (Å²) in [5.74, 6) is -0.0192. The highest BCUT2D eigenvalue weighted by atomic mass is 16.1. The Kier molecular flexibility index (Phi) is 4.89. The van der Waals surface area contributed by atoms with E-state index in [0.29, 0.717) is 12.2 Å². The molecular formula is C13H15N3O. The molecule has 0 spiro atoms. The maximum atomic E-state index is 10.6. The van der Waals surface area contributed by atoms with Gasteiger partial charge < -0.3 is 5.32 Å². The normalized spacial score (nSPS) is 10.2. The number of carbonyl (C=O) groups is 1. The molecule has 1 aromatic heterocycles. The smallest absolute Gasteiger partial charge is 0.216 e. The molecule has 0 aliphatic heterocycles. The highest BCUT2D eigenvalue weighted by Gasteiger charge is 1.97. The van der Waals surface area contributed by atoms with Crippen molar-refractivity contribution in [3.8, 4) is 6.07 Å². The minimum atomic E-state index is -0.0192. The Morgan fingerprint density at radius 1 is 1.65 bits per heavy atom. The lowest BCUT2D eigenvalue weighted by atomic mass is 10.1. The first-order valence-electron chi connectivity index (χ1n) is 5.41. The second-order valence-corrected chi connectivity index (χ2v) is 3.72. The molecule has 1 N–H and O–H groups in total. The SMILES string of the molecule is CC(=O)NCCC=Cc1cnc(C#N)c(C)c1. The molecule has 0 aliphatic rings. The lowest BCUT2D eigenvalue weighted by Gasteiger charge is -1.99.